The van der Waals surface area contributed by atoms with E-state index < -0.39 is 0 Å². The van der Waals surface area contributed by atoms with Gasteiger partial charge in [0.25, 0.3) is 11.5 Å². The molecule has 25 heavy (non-hydrogen) atoms. The summed E-state index contributed by atoms with van der Waals surface area (Å²) in [5.74, 6) is 0.754. The number of piperidine rings is 1. The standard InChI is InChI=1S/C18H24N4O3/c1-5-21-12(3)10-11(2)15(17(21)23)18(24)22-9-7-6-8-14(22)16-19-13(4)20-25-16/h10,14H,5-9H2,1-4H3/t14-/m0/s1. The molecule has 3 heterocycles. The predicted molar refractivity (Wildman–Crippen MR) is 92.5 cm³/mol. The smallest absolute Gasteiger partial charge is 0.263 e. The van der Waals surface area contributed by atoms with Crippen LogP contribution in [0, 0.1) is 20.8 Å². The lowest BCUT2D eigenvalue weighted by Gasteiger charge is -2.33. The number of hydrogen-bond donors (Lipinski definition) is 0. The van der Waals surface area contributed by atoms with E-state index in [-0.39, 0.29) is 23.1 Å². The Kier molecular flexibility index (Phi) is 4.74. The first-order valence-electron chi connectivity index (χ1n) is 8.76. The molecule has 0 unspecified atom stereocenters. The van der Waals surface area contributed by atoms with E-state index in [1.54, 1.807) is 16.4 Å². The van der Waals surface area contributed by atoms with E-state index in [1.807, 2.05) is 26.8 Å². The van der Waals surface area contributed by atoms with E-state index in [9.17, 15) is 9.59 Å². The number of hydrogen-bond acceptors (Lipinski definition) is 5. The number of rotatable bonds is 3. The van der Waals surface area contributed by atoms with Crippen LogP contribution in [0.25, 0.3) is 0 Å². The van der Waals surface area contributed by atoms with Crippen LogP contribution in [-0.4, -0.2) is 32.1 Å². The molecule has 7 nitrogen and oxygen atoms in total. The molecule has 0 radical (unpaired) electrons. The molecule has 1 amide bonds. The second-order valence-electron chi connectivity index (χ2n) is 6.58. The lowest BCUT2D eigenvalue weighted by atomic mass is 9.99. The summed E-state index contributed by atoms with van der Waals surface area (Å²) in [5, 5.41) is 3.84. The van der Waals surface area contributed by atoms with Crippen LogP contribution in [0.5, 0.6) is 0 Å². The Morgan fingerprint density at radius 2 is 2.08 bits per heavy atom. The molecule has 1 aliphatic rings. The van der Waals surface area contributed by atoms with Gasteiger partial charge in [0, 0.05) is 18.8 Å². The molecular formula is C18H24N4O3. The molecule has 0 aromatic carbocycles. The molecule has 1 fully saturated rings. The number of aryl methyl sites for hydroxylation is 3. The molecule has 1 saturated heterocycles. The van der Waals surface area contributed by atoms with E-state index in [2.05, 4.69) is 10.1 Å². The maximum absolute atomic E-state index is 13.2. The maximum atomic E-state index is 13.2. The molecule has 0 spiro atoms. The van der Waals surface area contributed by atoms with Gasteiger partial charge in [0.15, 0.2) is 5.82 Å². The highest BCUT2D eigenvalue weighted by atomic mass is 16.5. The minimum Gasteiger partial charge on any atom is -0.337 e. The number of likely N-dealkylation sites (tertiary alicyclic amines) is 1. The van der Waals surface area contributed by atoms with Gasteiger partial charge in [-0.05, 0) is 58.6 Å². The summed E-state index contributed by atoms with van der Waals surface area (Å²) in [7, 11) is 0. The zero-order chi connectivity index (χ0) is 18.1. The van der Waals surface area contributed by atoms with Crippen molar-refractivity contribution in [3.05, 3.63) is 45.0 Å². The molecule has 0 bridgehead atoms. The SMILES string of the molecule is CCn1c(C)cc(C)c(C(=O)N2CCCC[C@H]2c2nc(C)no2)c1=O. The minimum absolute atomic E-state index is 0.226. The number of carbonyl (C=O) groups is 1. The van der Waals surface area contributed by atoms with Gasteiger partial charge in [-0.2, -0.15) is 4.98 Å². The third-order valence-corrected chi connectivity index (χ3v) is 4.83. The topological polar surface area (TPSA) is 81.2 Å². The highest BCUT2D eigenvalue weighted by Crippen LogP contribution is 2.31. The van der Waals surface area contributed by atoms with Crippen molar-refractivity contribution >= 4 is 5.91 Å². The number of pyridine rings is 1. The average molecular weight is 344 g/mol. The summed E-state index contributed by atoms with van der Waals surface area (Å²) < 4.78 is 6.94. The highest BCUT2D eigenvalue weighted by Gasteiger charge is 2.34. The van der Waals surface area contributed by atoms with Crippen molar-refractivity contribution in [2.45, 2.75) is 59.5 Å². The Bertz CT molecular complexity index is 852. The van der Waals surface area contributed by atoms with Crippen molar-refractivity contribution in [1.29, 1.82) is 0 Å². The lowest BCUT2D eigenvalue weighted by Crippen LogP contribution is -2.42. The third kappa shape index (κ3) is 3.10. The Balaban J connectivity index is 2.03. The van der Waals surface area contributed by atoms with E-state index in [1.165, 1.54) is 0 Å². The molecule has 7 heteroatoms. The fraction of sp³-hybridized carbons (Fsp3) is 0.556. The predicted octanol–water partition coefficient (Wildman–Crippen LogP) is 2.54. The number of amides is 1. The number of aromatic nitrogens is 3. The van der Waals surface area contributed by atoms with Gasteiger partial charge < -0.3 is 14.0 Å². The summed E-state index contributed by atoms with van der Waals surface area (Å²) in [6, 6.07) is 1.63. The molecule has 134 valence electrons. The molecule has 1 aliphatic heterocycles. The molecule has 0 saturated carbocycles. The van der Waals surface area contributed by atoms with Gasteiger partial charge in [-0.25, -0.2) is 0 Å². The van der Waals surface area contributed by atoms with Crippen molar-refractivity contribution < 1.29 is 9.32 Å². The maximum Gasteiger partial charge on any atom is 0.263 e. The van der Waals surface area contributed by atoms with Crippen molar-refractivity contribution in [2.75, 3.05) is 6.54 Å². The quantitative estimate of drug-likeness (QED) is 0.855. The fourth-order valence-corrected chi connectivity index (χ4v) is 3.60. The molecule has 0 aliphatic carbocycles. The van der Waals surface area contributed by atoms with Crippen LogP contribution in [0.4, 0.5) is 0 Å². The van der Waals surface area contributed by atoms with E-state index >= 15 is 0 Å². The number of carbonyl (C=O) groups excluding carboxylic acids is 1. The molecule has 2 aromatic rings. The second kappa shape index (κ2) is 6.82. The van der Waals surface area contributed by atoms with Crippen molar-refractivity contribution in [2.24, 2.45) is 0 Å². The monoisotopic (exact) mass is 344 g/mol. The van der Waals surface area contributed by atoms with Crippen LogP contribution >= 0.6 is 0 Å². The molecule has 0 N–H and O–H groups in total. The van der Waals surface area contributed by atoms with Crippen LogP contribution in [0.2, 0.25) is 0 Å². The molecule has 3 rings (SSSR count). The van der Waals surface area contributed by atoms with Gasteiger partial charge in [0.05, 0.1) is 0 Å². The van der Waals surface area contributed by atoms with E-state index in [0.29, 0.717) is 30.4 Å². The van der Waals surface area contributed by atoms with Crippen molar-refractivity contribution in [3.63, 3.8) is 0 Å². The average Bonchev–Trinajstić information content (AvgIpc) is 3.01. The van der Waals surface area contributed by atoms with Gasteiger partial charge in [0.2, 0.25) is 5.89 Å². The zero-order valence-corrected chi connectivity index (χ0v) is 15.2. The summed E-state index contributed by atoms with van der Waals surface area (Å²) in [6.45, 7) is 8.49. The first kappa shape index (κ1) is 17.4. The normalized spacial score (nSPS) is 17.8. The Hall–Kier alpha value is -2.44. The van der Waals surface area contributed by atoms with Gasteiger partial charge in [-0.15, -0.1) is 0 Å². The fourth-order valence-electron chi connectivity index (χ4n) is 3.60. The third-order valence-electron chi connectivity index (χ3n) is 4.83. The zero-order valence-electron chi connectivity index (χ0n) is 15.2. The molecular weight excluding hydrogens is 320 g/mol. The second-order valence-corrected chi connectivity index (χ2v) is 6.58. The van der Waals surface area contributed by atoms with Crippen LogP contribution in [0.1, 0.15) is 65.6 Å². The molecule has 1 atom stereocenters. The van der Waals surface area contributed by atoms with E-state index in [0.717, 1.165) is 25.0 Å². The Morgan fingerprint density at radius 1 is 1.32 bits per heavy atom. The summed E-state index contributed by atoms with van der Waals surface area (Å²) in [5.41, 5.74) is 1.60. The lowest BCUT2D eigenvalue weighted by molar-refractivity contribution is 0.0558. The van der Waals surface area contributed by atoms with Gasteiger partial charge in [-0.3, -0.25) is 9.59 Å². The largest absolute Gasteiger partial charge is 0.337 e. The van der Waals surface area contributed by atoms with Crippen LogP contribution < -0.4 is 5.56 Å². The van der Waals surface area contributed by atoms with Crippen LogP contribution in [0.15, 0.2) is 15.4 Å². The number of nitrogens with zero attached hydrogens (tertiary/aromatic N) is 4. The van der Waals surface area contributed by atoms with Crippen molar-refractivity contribution in [3.8, 4) is 0 Å². The minimum atomic E-state index is -0.266. The van der Waals surface area contributed by atoms with Crippen LogP contribution in [0.3, 0.4) is 0 Å². The summed E-state index contributed by atoms with van der Waals surface area (Å²) in [4.78, 5) is 32.1. The van der Waals surface area contributed by atoms with Crippen LogP contribution in [-0.2, 0) is 6.54 Å². The van der Waals surface area contributed by atoms with Gasteiger partial charge in [0.1, 0.15) is 11.6 Å². The van der Waals surface area contributed by atoms with Crippen molar-refractivity contribution in [1.82, 2.24) is 19.6 Å². The summed E-state index contributed by atoms with van der Waals surface area (Å²) >= 11 is 0. The summed E-state index contributed by atoms with van der Waals surface area (Å²) in [6.07, 6.45) is 2.66. The van der Waals surface area contributed by atoms with E-state index in [4.69, 9.17) is 4.52 Å². The highest BCUT2D eigenvalue weighted by molar-refractivity contribution is 5.95. The Labute approximate surface area is 146 Å². The first-order valence-corrected chi connectivity index (χ1v) is 8.76. The van der Waals surface area contributed by atoms with Gasteiger partial charge >= 0.3 is 0 Å². The van der Waals surface area contributed by atoms with Gasteiger partial charge in [-0.1, -0.05) is 5.16 Å². The molecule has 2 aromatic heterocycles. The first-order chi connectivity index (χ1) is 11.9. The Morgan fingerprint density at radius 3 is 2.72 bits per heavy atom.